The summed E-state index contributed by atoms with van der Waals surface area (Å²) < 4.78 is 18.9. The van der Waals surface area contributed by atoms with Crippen LogP contribution < -0.4 is 4.74 Å². The minimum atomic E-state index is -1.05. The van der Waals surface area contributed by atoms with Crippen LogP contribution in [-0.4, -0.2) is 12.9 Å². The Morgan fingerprint density at radius 2 is 2.33 bits per heavy atom. The van der Waals surface area contributed by atoms with E-state index in [-0.39, 0.29) is 18.0 Å². The van der Waals surface area contributed by atoms with Crippen LogP contribution >= 0.6 is 0 Å². The lowest BCUT2D eigenvalue weighted by atomic mass is 9.80. The van der Waals surface area contributed by atoms with Gasteiger partial charge in [-0.1, -0.05) is 12.1 Å². The van der Waals surface area contributed by atoms with Crippen LogP contribution in [0.2, 0.25) is 0 Å². The predicted molar refractivity (Wildman–Crippen MR) is 63.6 cm³/mol. The summed E-state index contributed by atoms with van der Waals surface area (Å²) in [5.41, 5.74) is -0.682. The number of ether oxygens (including phenoxy) is 1. The highest BCUT2D eigenvalue weighted by atomic mass is 19.1. The van der Waals surface area contributed by atoms with E-state index >= 15 is 0 Å². The molecule has 1 aromatic rings. The summed E-state index contributed by atoms with van der Waals surface area (Å²) in [7, 11) is 1.39. The molecule has 0 aliphatic heterocycles. The van der Waals surface area contributed by atoms with Gasteiger partial charge in [0, 0.05) is 12.8 Å². The van der Waals surface area contributed by atoms with Gasteiger partial charge in [0.1, 0.15) is 5.41 Å². The van der Waals surface area contributed by atoms with Crippen molar-refractivity contribution >= 4 is 5.78 Å². The second-order valence-corrected chi connectivity index (χ2v) is 4.58. The molecule has 4 heteroatoms. The first-order chi connectivity index (χ1) is 8.63. The van der Waals surface area contributed by atoms with Gasteiger partial charge in [0.05, 0.1) is 13.2 Å². The Hall–Kier alpha value is -1.89. The van der Waals surface area contributed by atoms with E-state index in [1.807, 2.05) is 0 Å². The number of rotatable bonds is 3. The molecule has 94 valence electrons. The van der Waals surface area contributed by atoms with Crippen LogP contribution in [0.1, 0.15) is 24.8 Å². The van der Waals surface area contributed by atoms with E-state index < -0.39 is 11.2 Å². The number of Topliss-reactive ketones (excluding diaryl/α,β-unsaturated/α-hetero) is 1. The maximum atomic E-state index is 14.0. The summed E-state index contributed by atoms with van der Waals surface area (Å²) in [6, 6.07) is 6.87. The van der Waals surface area contributed by atoms with Gasteiger partial charge in [-0.05, 0) is 24.5 Å². The Bertz CT molecular complexity index is 521. The number of nitriles is 1. The van der Waals surface area contributed by atoms with Gasteiger partial charge in [-0.3, -0.25) is 4.79 Å². The third kappa shape index (κ3) is 1.97. The van der Waals surface area contributed by atoms with Crippen molar-refractivity contribution in [1.29, 1.82) is 5.26 Å². The average Bonchev–Trinajstić information content (AvgIpc) is 2.74. The van der Waals surface area contributed by atoms with E-state index in [4.69, 9.17) is 4.74 Å². The van der Waals surface area contributed by atoms with Crippen molar-refractivity contribution in [2.75, 3.05) is 7.11 Å². The molecule has 1 aliphatic rings. The number of hydrogen-bond donors (Lipinski definition) is 0. The zero-order chi connectivity index (χ0) is 13.2. The fourth-order valence-electron chi connectivity index (χ4n) is 2.45. The van der Waals surface area contributed by atoms with Crippen molar-refractivity contribution in [3.63, 3.8) is 0 Å². The summed E-state index contributed by atoms with van der Waals surface area (Å²) in [5, 5.41) is 9.24. The first kappa shape index (κ1) is 12.6. The maximum Gasteiger partial charge on any atom is 0.168 e. The fraction of sp³-hybridized carbons (Fsp3) is 0.429. The summed E-state index contributed by atoms with van der Waals surface area (Å²) >= 11 is 0. The molecule has 3 nitrogen and oxygen atoms in total. The van der Waals surface area contributed by atoms with Crippen LogP contribution in [-0.2, 0) is 11.2 Å². The smallest absolute Gasteiger partial charge is 0.168 e. The molecule has 0 spiro atoms. The SMILES string of the molecule is COc1cccc(CC2(C#N)CCCC2=O)c1F. The number of benzene rings is 1. The van der Waals surface area contributed by atoms with E-state index in [9.17, 15) is 14.4 Å². The molecule has 1 saturated carbocycles. The lowest BCUT2D eigenvalue weighted by Gasteiger charge is -2.19. The van der Waals surface area contributed by atoms with Gasteiger partial charge >= 0.3 is 0 Å². The second-order valence-electron chi connectivity index (χ2n) is 4.58. The lowest BCUT2D eigenvalue weighted by molar-refractivity contribution is -0.123. The van der Waals surface area contributed by atoms with Gasteiger partial charge in [0.2, 0.25) is 0 Å². The minimum Gasteiger partial charge on any atom is -0.494 e. The van der Waals surface area contributed by atoms with Crippen LogP contribution in [0.25, 0.3) is 0 Å². The number of halogens is 1. The van der Waals surface area contributed by atoms with Crippen molar-refractivity contribution in [2.24, 2.45) is 5.41 Å². The summed E-state index contributed by atoms with van der Waals surface area (Å²) in [5.74, 6) is -0.410. The summed E-state index contributed by atoms with van der Waals surface area (Å²) in [6.45, 7) is 0. The first-order valence-corrected chi connectivity index (χ1v) is 5.89. The van der Waals surface area contributed by atoms with Crippen molar-refractivity contribution in [3.8, 4) is 11.8 Å². The van der Waals surface area contributed by atoms with Gasteiger partial charge in [-0.25, -0.2) is 4.39 Å². The van der Waals surface area contributed by atoms with Gasteiger partial charge in [0.15, 0.2) is 17.3 Å². The van der Waals surface area contributed by atoms with E-state index in [1.165, 1.54) is 13.2 Å². The molecule has 1 aliphatic carbocycles. The summed E-state index contributed by atoms with van der Waals surface area (Å²) in [4.78, 5) is 11.8. The highest BCUT2D eigenvalue weighted by molar-refractivity contribution is 5.89. The first-order valence-electron chi connectivity index (χ1n) is 5.89. The molecule has 1 fully saturated rings. The van der Waals surface area contributed by atoms with Crippen LogP contribution in [0.15, 0.2) is 18.2 Å². The molecule has 0 saturated heterocycles. The quantitative estimate of drug-likeness (QED) is 0.825. The molecular formula is C14H14FNO2. The van der Waals surface area contributed by atoms with Gasteiger partial charge in [0.25, 0.3) is 0 Å². The Labute approximate surface area is 105 Å². The molecule has 1 aromatic carbocycles. The Kier molecular flexibility index (Phi) is 3.33. The zero-order valence-corrected chi connectivity index (χ0v) is 10.2. The van der Waals surface area contributed by atoms with Gasteiger partial charge < -0.3 is 4.74 Å². The lowest BCUT2D eigenvalue weighted by Crippen LogP contribution is -2.27. The number of methoxy groups -OCH3 is 1. The van der Waals surface area contributed by atoms with E-state index in [0.29, 0.717) is 24.8 Å². The summed E-state index contributed by atoms with van der Waals surface area (Å²) in [6.07, 6.45) is 1.77. The monoisotopic (exact) mass is 247 g/mol. The van der Waals surface area contributed by atoms with E-state index in [1.54, 1.807) is 12.1 Å². The third-order valence-corrected chi connectivity index (χ3v) is 3.51. The predicted octanol–water partition coefficient (Wildman–Crippen LogP) is 2.64. The molecule has 1 atom stereocenters. The highest BCUT2D eigenvalue weighted by Gasteiger charge is 2.42. The van der Waals surface area contributed by atoms with Crippen molar-refractivity contribution in [2.45, 2.75) is 25.7 Å². The molecule has 0 N–H and O–H groups in total. The van der Waals surface area contributed by atoms with Crippen LogP contribution in [0.3, 0.4) is 0 Å². The van der Waals surface area contributed by atoms with Crippen LogP contribution in [0.4, 0.5) is 4.39 Å². The number of carbonyl (C=O) groups is 1. The molecule has 0 amide bonds. The van der Waals surface area contributed by atoms with E-state index in [2.05, 4.69) is 6.07 Å². The maximum absolute atomic E-state index is 14.0. The Morgan fingerprint density at radius 1 is 1.56 bits per heavy atom. The second kappa shape index (κ2) is 4.77. The molecule has 0 heterocycles. The van der Waals surface area contributed by atoms with Crippen molar-refractivity contribution in [3.05, 3.63) is 29.6 Å². The normalized spacial score (nSPS) is 22.8. The molecule has 0 bridgehead atoms. The van der Waals surface area contributed by atoms with Crippen molar-refractivity contribution in [1.82, 2.24) is 0 Å². The largest absolute Gasteiger partial charge is 0.494 e. The van der Waals surface area contributed by atoms with Crippen LogP contribution in [0.5, 0.6) is 5.75 Å². The number of nitrogens with zero attached hydrogens (tertiary/aromatic N) is 1. The van der Waals surface area contributed by atoms with Gasteiger partial charge in [-0.15, -0.1) is 0 Å². The van der Waals surface area contributed by atoms with Gasteiger partial charge in [-0.2, -0.15) is 5.26 Å². The van der Waals surface area contributed by atoms with Crippen molar-refractivity contribution < 1.29 is 13.9 Å². The standard InChI is InChI=1S/C14H14FNO2/c1-18-11-5-2-4-10(13(11)15)8-14(9-16)7-3-6-12(14)17/h2,4-5H,3,6-8H2,1H3. The Morgan fingerprint density at radius 3 is 2.89 bits per heavy atom. The minimum absolute atomic E-state index is 0.0766. The number of hydrogen-bond acceptors (Lipinski definition) is 3. The Balaban J connectivity index is 2.34. The molecule has 2 rings (SSSR count). The molecule has 1 unspecified atom stereocenters. The average molecular weight is 247 g/mol. The molecular weight excluding hydrogens is 233 g/mol. The topological polar surface area (TPSA) is 50.1 Å². The third-order valence-electron chi connectivity index (χ3n) is 3.51. The van der Waals surface area contributed by atoms with Crippen LogP contribution in [0, 0.1) is 22.6 Å². The number of ketones is 1. The molecule has 0 aromatic heterocycles. The molecule has 0 radical (unpaired) electrons. The number of carbonyl (C=O) groups excluding carboxylic acids is 1. The highest BCUT2D eigenvalue weighted by Crippen LogP contribution is 2.38. The van der Waals surface area contributed by atoms with E-state index in [0.717, 1.165) is 0 Å². The zero-order valence-electron chi connectivity index (χ0n) is 10.2. The molecule has 18 heavy (non-hydrogen) atoms. The fourth-order valence-corrected chi connectivity index (χ4v) is 2.45.